The van der Waals surface area contributed by atoms with Crippen LogP contribution in [0.4, 0.5) is 10.1 Å². The molecule has 136 valence electrons. The van der Waals surface area contributed by atoms with Crippen molar-refractivity contribution in [1.82, 2.24) is 15.0 Å². The first-order valence-corrected chi connectivity index (χ1v) is 9.46. The summed E-state index contributed by atoms with van der Waals surface area (Å²) in [7, 11) is 0. The SMILES string of the molecule is CC(CC(=O)Nc1ccc2nc(-c3cscn3)[nH]c2c1)c1ccc(F)cc1. The highest BCUT2D eigenvalue weighted by Gasteiger charge is 2.13. The normalized spacial score (nSPS) is 12.2. The van der Waals surface area contributed by atoms with E-state index in [0.717, 1.165) is 22.3 Å². The number of halogens is 1. The summed E-state index contributed by atoms with van der Waals surface area (Å²) >= 11 is 1.51. The largest absolute Gasteiger partial charge is 0.337 e. The van der Waals surface area contributed by atoms with Crippen molar-refractivity contribution < 1.29 is 9.18 Å². The minimum Gasteiger partial charge on any atom is -0.337 e. The topological polar surface area (TPSA) is 70.7 Å². The number of thiazole rings is 1. The van der Waals surface area contributed by atoms with Gasteiger partial charge in [0.25, 0.3) is 0 Å². The lowest BCUT2D eigenvalue weighted by molar-refractivity contribution is -0.116. The summed E-state index contributed by atoms with van der Waals surface area (Å²) in [6, 6.07) is 11.8. The molecule has 7 heteroatoms. The van der Waals surface area contributed by atoms with Crippen LogP contribution in [0.2, 0.25) is 0 Å². The molecule has 0 bridgehead atoms. The van der Waals surface area contributed by atoms with Crippen LogP contribution in [-0.2, 0) is 4.79 Å². The van der Waals surface area contributed by atoms with E-state index in [1.165, 1.54) is 23.5 Å². The molecular formula is C20H17FN4OS. The van der Waals surface area contributed by atoms with Crippen molar-refractivity contribution in [2.45, 2.75) is 19.3 Å². The molecule has 4 aromatic rings. The number of aromatic nitrogens is 3. The summed E-state index contributed by atoms with van der Waals surface area (Å²) < 4.78 is 13.0. The average Bonchev–Trinajstić information content (AvgIpc) is 3.31. The summed E-state index contributed by atoms with van der Waals surface area (Å²) in [5, 5.41) is 4.84. The number of amides is 1. The summed E-state index contributed by atoms with van der Waals surface area (Å²) in [6.07, 6.45) is 0.316. The Morgan fingerprint density at radius 3 is 2.81 bits per heavy atom. The maximum absolute atomic E-state index is 13.0. The van der Waals surface area contributed by atoms with Crippen molar-refractivity contribution in [1.29, 1.82) is 0 Å². The van der Waals surface area contributed by atoms with Crippen LogP contribution in [0, 0.1) is 5.82 Å². The number of carbonyl (C=O) groups is 1. The molecule has 5 nitrogen and oxygen atoms in total. The van der Waals surface area contributed by atoms with Gasteiger partial charge in [0.05, 0.1) is 16.5 Å². The maximum Gasteiger partial charge on any atom is 0.224 e. The number of anilines is 1. The van der Waals surface area contributed by atoms with Crippen LogP contribution >= 0.6 is 11.3 Å². The molecule has 0 aliphatic rings. The molecule has 0 aliphatic carbocycles. The second-order valence-corrected chi connectivity index (χ2v) is 7.11. The Kier molecular flexibility index (Phi) is 4.68. The molecule has 1 amide bonds. The van der Waals surface area contributed by atoms with Gasteiger partial charge in [-0.3, -0.25) is 4.79 Å². The monoisotopic (exact) mass is 380 g/mol. The summed E-state index contributed by atoms with van der Waals surface area (Å²) in [5.41, 5.74) is 5.85. The van der Waals surface area contributed by atoms with E-state index in [-0.39, 0.29) is 17.6 Å². The van der Waals surface area contributed by atoms with Crippen LogP contribution in [0.15, 0.2) is 53.4 Å². The van der Waals surface area contributed by atoms with Crippen molar-refractivity contribution in [3.05, 3.63) is 64.7 Å². The fourth-order valence-electron chi connectivity index (χ4n) is 2.94. The van der Waals surface area contributed by atoms with Gasteiger partial charge in [-0.1, -0.05) is 19.1 Å². The predicted octanol–water partition coefficient (Wildman–Crippen LogP) is 4.96. The zero-order chi connectivity index (χ0) is 18.8. The molecule has 0 aliphatic heterocycles. The Morgan fingerprint density at radius 2 is 2.07 bits per heavy atom. The van der Waals surface area contributed by atoms with E-state index in [1.807, 2.05) is 30.5 Å². The highest BCUT2D eigenvalue weighted by Crippen LogP contribution is 2.24. The first-order valence-electron chi connectivity index (χ1n) is 8.52. The lowest BCUT2D eigenvalue weighted by Gasteiger charge is -2.12. The third-order valence-electron chi connectivity index (χ3n) is 4.37. The Hall–Kier alpha value is -3.06. The maximum atomic E-state index is 13.0. The zero-order valence-corrected chi connectivity index (χ0v) is 15.4. The minimum atomic E-state index is -0.278. The second kappa shape index (κ2) is 7.28. The molecular weight excluding hydrogens is 363 g/mol. The molecule has 4 rings (SSSR count). The molecule has 0 spiro atoms. The molecule has 2 heterocycles. The van der Waals surface area contributed by atoms with Gasteiger partial charge >= 0.3 is 0 Å². The molecule has 2 N–H and O–H groups in total. The van der Waals surface area contributed by atoms with E-state index in [4.69, 9.17) is 0 Å². The molecule has 2 aromatic carbocycles. The van der Waals surface area contributed by atoms with Crippen molar-refractivity contribution in [2.75, 3.05) is 5.32 Å². The zero-order valence-electron chi connectivity index (χ0n) is 14.6. The molecule has 0 saturated carbocycles. The second-order valence-electron chi connectivity index (χ2n) is 6.40. The fraction of sp³-hybridized carbons (Fsp3) is 0.150. The molecule has 1 unspecified atom stereocenters. The van der Waals surface area contributed by atoms with Crippen LogP contribution in [-0.4, -0.2) is 20.9 Å². The lowest BCUT2D eigenvalue weighted by atomic mass is 9.97. The molecule has 27 heavy (non-hydrogen) atoms. The Labute approximate surface area is 159 Å². The van der Waals surface area contributed by atoms with Crippen molar-refractivity contribution in [3.8, 4) is 11.5 Å². The number of H-pyrrole nitrogens is 1. The van der Waals surface area contributed by atoms with Gasteiger partial charge in [0.2, 0.25) is 5.91 Å². The fourth-order valence-corrected chi connectivity index (χ4v) is 3.47. The Balaban J connectivity index is 1.46. The number of hydrogen-bond donors (Lipinski definition) is 2. The smallest absolute Gasteiger partial charge is 0.224 e. The highest BCUT2D eigenvalue weighted by molar-refractivity contribution is 7.07. The number of imidazole rings is 1. The molecule has 0 radical (unpaired) electrons. The molecule has 1 atom stereocenters. The van der Waals surface area contributed by atoms with E-state index in [0.29, 0.717) is 17.9 Å². The highest BCUT2D eigenvalue weighted by atomic mass is 32.1. The van der Waals surface area contributed by atoms with Crippen molar-refractivity contribution in [2.24, 2.45) is 0 Å². The minimum absolute atomic E-state index is 0.00208. The van der Waals surface area contributed by atoms with E-state index in [1.54, 1.807) is 17.6 Å². The number of nitrogens with zero attached hydrogens (tertiary/aromatic N) is 2. The molecule has 0 saturated heterocycles. The number of aromatic amines is 1. The molecule has 2 aromatic heterocycles. The van der Waals surface area contributed by atoms with Gasteiger partial charge in [0.1, 0.15) is 11.5 Å². The number of nitrogens with one attached hydrogen (secondary N) is 2. The van der Waals surface area contributed by atoms with Gasteiger partial charge in [-0.05, 0) is 41.8 Å². The molecule has 0 fully saturated rings. The third kappa shape index (κ3) is 3.88. The summed E-state index contributed by atoms with van der Waals surface area (Å²) in [4.78, 5) is 24.4. The average molecular weight is 380 g/mol. The van der Waals surface area contributed by atoms with Crippen LogP contribution in [0.3, 0.4) is 0 Å². The van der Waals surface area contributed by atoms with E-state index < -0.39 is 0 Å². The van der Waals surface area contributed by atoms with Gasteiger partial charge in [-0.15, -0.1) is 11.3 Å². The van der Waals surface area contributed by atoms with Crippen molar-refractivity contribution >= 4 is 34.0 Å². The number of hydrogen-bond acceptors (Lipinski definition) is 4. The number of benzene rings is 2. The van der Waals surface area contributed by atoms with Gasteiger partial charge < -0.3 is 10.3 Å². The van der Waals surface area contributed by atoms with Crippen LogP contribution in [0.5, 0.6) is 0 Å². The summed E-state index contributed by atoms with van der Waals surface area (Å²) in [6.45, 7) is 1.95. The van der Waals surface area contributed by atoms with Gasteiger partial charge in [0, 0.05) is 17.5 Å². The standard InChI is InChI=1S/C20H17FN4OS/c1-12(13-2-4-14(21)5-3-13)8-19(26)23-15-6-7-16-17(9-15)25-20(24-16)18-10-27-11-22-18/h2-7,9-12H,8H2,1H3,(H,23,26)(H,24,25). The predicted molar refractivity (Wildman–Crippen MR) is 105 cm³/mol. The van der Waals surface area contributed by atoms with Crippen LogP contribution in [0.25, 0.3) is 22.6 Å². The Bertz CT molecular complexity index is 1070. The first-order chi connectivity index (χ1) is 13.1. The van der Waals surface area contributed by atoms with E-state index >= 15 is 0 Å². The quantitative estimate of drug-likeness (QED) is 0.514. The van der Waals surface area contributed by atoms with Gasteiger partial charge in [-0.2, -0.15) is 0 Å². The van der Waals surface area contributed by atoms with Gasteiger partial charge in [0.15, 0.2) is 5.82 Å². The Morgan fingerprint density at radius 1 is 1.26 bits per heavy atom. The number of fused-ring (bicyclic) bond motifs is 1. The van der Waals surface area contributed by atoms with Crippen LogP contribution in [0.1, 0.15) is 24.8 Å². The number of rotatable bonds is 5. The van der Waals surface area contributed by atoms with Gasteiger partial charge in [-0.25, -0.2) is 14.4 Å². The number of carbonyl (C=O) groups excluding carboxylic acids is 1. The lowest BCUT2D eigenvalue weighted by Crippen LogP contribution is -2.14. The first kappa shape index (κ1) is 17.4. The van der Waals surface area contributed by atoms with Crippen molar-refractivity contribution in [3.63, 3.8) is 0 Å². The van der Waals surface area contributed by atoms with E-state index in [9.17, 15) is 9.18 Å². The van der Waals surface area contributed by atoms with Crippen LogP contribution < -0.4 is 5.32 Å². The summed E-state index contributed by atoms with van der Waals surface area (Å²) in [5.74, 6) is 0.336. The van der Waals surface area contributed by atoms with E-state index in [2.05, 4.69) is 20.3 Å². The third-order valence-corrected chi connectivity index (χ3v) is 4.96.